The third kappa shape index (κ3) is 3.66. The van der Waals surface area contributed by atoms with Crippen LogP contribution < -0.4 is 10.1 Å². The summed E-state index contributed by atoms with van der Waals surface area (Å²) in [5, 5.41) is 16.6. The first kappa shape index (κ1) is 15.2. The zero-order valence-corrected chi connectivity index (χ0v) is 11.4. The maximum atomic E-state index is 11.7. The van der Waals surface area contributed by atoms with Crippen molar-refractivity contribution in [2.24, 2.45) is 0 Å². The number of carbonyl (C=O) groups is 2. The number of nitro groups is 1. The fraction of sp³-hybridized carbons (Fsp3) is 0.154. The number of nitro benzene ring substituents is 1. The summed E-state index contributed by atoms with van der Waals surface area (Å²) in [6, 6.07) is 5.04. The molecule has 0 bridgehead atoms. The van der Waals surface area contributed by atoms with Gasteiger partial charge in [-0.15, -0.1) is 0 Å². The summed E-state index contributed by atoms with van der Waals surface area (Å²) in [6.45, 7) is 1.29. The van der Waals surface area contributed by atoms with E-state index in [1.165, 1.54) is 18.2 Å². The highest BCUT2D eigenvalue weighted by molar-refractivity contribution is 5.91. The van der Waals surface area contributed by atoms with E-state index in [0.29, 0.717) is 12.0 Å². The fourth-order valence-corrected chi connectivity index (χ4v) is 1.62. The molecule has 0 atom stereocenters. The van der Waals surface area contributed by atoms with Gasteiger partial charge in [-0.05, 0) is 13.0 Å². The molecule has 1 amide bonds. The quantitative estimate of drug-likeness (QED) is 0.489. The second-order valence-corrected chi connectivity index (χ2v) is 4.26. The monoisotopic (exact) mass is 305 g/mol. The molecule has 0 unspecified atom stereocenters. The third-order valence-electron chi connectivity index (χ3n) is 2.59. The highest BCUT2D eigenvalue weighted by Gasteiger charge is 2.13. The van der Waals surface area contributed by atoms with E-state index in [0.717, 1.165) is 6.07 Å². The van der Waals surface area contributed by atoms with Crippen molar-refractivity contribution in [1.82, 2.24) is 5.16 Å². The number of nitrogens with one attached hydrogen (secondary N) is 1. The Labute approximate surface area is 124 Å². The maximum absolute atomic E-state index is 11.7. The SMILES string of the molecule is Cc1cc(NC(=O)COc2ccc([N+](=O)[O-])cc2C=O)no1. The lowest BCUT2D eigenvalue weighted by molar-refractivity contribution is -0.384. The van der Waals surface area contributed by atoms with Gasteiger partial charge in [-0.25, -0.2) is 0 Å². The Balaban J connectivity index is 2.00. The topological polar surface area (TPSA) is 125 Å². The molecule has 22 heavy (non-hydrogen) atoms. The standard InChI is InChI=1S/C13H11N3O6/c1-8-4-12(15-22-8)14-13(18)7-21-11-3-2-10(16(19)20)5-9(11)6-17/h2-6H,7H2,1H3,(H,14,15,18). The van der Waals surface area contributed by atoms with Crippen LogP contribution in [0.2, 0.25) is 0 Å². The smallest absolute Gasteiger partial charge is 0.270 e. The van der Waals surface area contributed by atoms with Crippen LogP contribution in [0, 0.1) is 17.0 Å². The van der Waals surface area contributed by atoms with E-state index in [2.05, 4.69) is 10.5 Å². The van der Waals surface area contributed by atoms with E-state index in [1.54, 1.807) is 6.92 Å². The van der Waals surface area contributed by atoms with Crippen molar-refractivity contribution in [1.29, 1.82) is 0 Å². The summed E-state index contributed by atoms with van der Waals surface area (Å²) in [6.07, 6.45) is 0.418. The number of amides is 1. The molecule has 1 heterocycles. The Morgan fingerprint density at radius 2 is 2.27 bits per heavy atom. The van der Waals surface area contributed by atoms with Gasteiger partial charge in [0.25, 0.3) is 11.6 Å². The maximum Gasteiger partial charge on any atom is 0.270 e. The summed E-state index contributed by atoms with van der Waals surface area (Å²) in [4.78, 5) is 32.6. The van der Waals surface area contributed by atoms with Gasteiger partial charge < -0.3 is 14.6 Å². The molecule has 9 heteroatoms. The second-order valence-electron chi connectivity index (χ2n) is 4.26. The van der Waals surface area contributed by atoms with Crippen molar-refractivity contribution in [3.05, 3.63) is 45.7 Å². The number of aldehydes is 1. The Bertz CT molecular complexity index is 724. The van der Waals surface area contributed by atoms with Crippen LogP contribution in [0.15, 0.2) is 28.8 Å². The molecule has 0 aliphatic rings. The number of hydrogen-bond acceptors (Lipinski definition) is 7. The second kappa shape index (κ2) is 6.48. The van der Waals surface area contributed by atoms with Crippen molar-refractivity contribution in [3.8, 4) is 5.75 Å². The number of hydrogen-bond donors (Lipinski definition) is 1. The highest BCUT2D eigenvalue weighted by atomic mass is 16.6. The highest BCUT2D eigenvalue weighted by Crippen LogP contribution is 2.22. The molecule has 0 fully saturated rings. The molecule has 1 aromatic heterocycles. The summed E-state index contributed by atoms with van der Waals surface area (Å²) in [7, 11) is 0. The van der Waals surface area contributed by atoms with Crippen LogP contribution in [0.3, 0.4) is 0 Å². The van der Waals surface area contributed by atoms with Gasteiger partial charge in [-0.1, -0.05) is 5.16 Å². The molecule has 2 aromatic rings. The largest absolute Gasteiger partial charge is 0.483 e. The molecule has 0 saturated carbocycles. The molecule has 0 spiro atoms. The van der Waals surface area contributed by atoms with E-state index in [4.69, 9.17) is 9.26 Å². The van der Waals surface area contributed by atoms with Crippen molar-refractivity contribution in [2.45, 2.75) is 6.92 Å². The van der Waals surface area contributed by atoms with Crippen LogP contribution >= 0.6 is 0 Å². The molecule has 9 nitrogen and oxygen atoms in total. The fourth-order valence-electron chi connectivity index (χ4n) is 1.62. The number of nitrogens with zero attached hydrogens (tertiary/aromatic N) is 2. The van der Waals surface area contributed by atoms with Gasteiger partial charge in [0.2, 0.25) is 0 Å². The van der Waals surface area contributed by atoms with Gasteiger partial charge in [0.15, 0.2) is 18.7 Å². The zero-order chi connectivity index (χ0) is 16.1. The average Bonchev–Trinajstić information content (AvgIpc) is 2.89. The van der Waals surface area contributed by atoms with E-state index in [-0.39, 0.29) is 29.4 Å². The van der Waals surface area contributed by atoms with Crippen LogP contribution in [-0.2, 0) is 4.79 Å². The molecule has 2 rings (SSSR count). The lowest BCUT2D eigenvalue weighted by Crippen LogP contribution is -2.20. The Hall–Kier alpha value is -3.23. The minimum Gasteiger partial charge on any atom is -0.483 e. The molecule has 114 valence electrons. The predicted molar refractivity (Wildman–Crippen MR) is 73.8 cm³/mol. The number of aromatic nitrogens is 1. The summed E-state index contributed by atoms with van der Waals surface area (Å²) in [5.74, 6) is 0.343. The molecule has 0 aliphatic heterocycles. The first-order valence-corrected chi connectivity index (χ1v) is 6.09. The van der Waals surface area contributed by atoms with Gasteiger partial charge in [0.05, 0.1) is 10.5 Å². The zero-order valence-electron chi connectivity index (χ0n) is 11.4. The van der Waals surface area contributed by atoms with E-state index >= 15 is 0 Å². The van der Waals surface area contributed by atoms with Gasteiger partial charge >= 0.3 is 0 Å². The number of non-ortho nitro benzene ring substituents is 1. The first-order chi connectivity index (χ1) is 10.5. The first-order valence-electron chi connectivity index (χ1n) is 6.09. The van der Waals surface area contributed by atoms with Crippen LogP contribution in [0.25, 0.3) is 0 Å². The van der Waals surface area contributed by atoms with E-state index in [1.807, 2.05) is 0 Å². The summed E-state index contributed by atoms with van der Waals surface area (Å²) in [5.41, 5.74) is -0.253. The van der Waals surface area contributed by atoms with Crippen LogP contribution in [-0.4, -0.2) is 28.9 Å². The summed E-state index contributed by atoms with van der Waals surface area (Å²) >= 11 is 0. The molecule has 0 radical (unpaired) electrons. The summed E-state index contributed by atoms with van der Waals surface area (Å²) < 4.78 is 9.96. The third-order valence-corrected chi connectivity index (χ3v) is 2.59. The van der Waals surface area contributed by atoms with E-state index < -0.39 is 10.8 Å². The van der Waals surface area contributed by atoms with Crippen LogP contribution in [0.4, 0.5) is 11.5 Å². The molecule has 1 N–H and O–H groups in total. The Morgan fingerprint density at radius 3 is 2.86 bits per heavy atom. The lowest BCUT2D eigenvalue weighted by Gasteiger charge is -2.07. The molecular formula is C13H11N3O6. The predicted octanol–water partition coefficient (Wildman–Crippen LogP) is 1.72. The normalized spacial score (nSPS) is 10.0. The van der Waals surface area contributed by atoms with Crippen LogP contribution in [0.1, 0.15) is 16.1 Å². The van der Waals surface area contributed by atoms with E-state index in [9.17, 15) is 19.7 Å². The molecule has 0 aliphatic carbocycles. The van der Waals surface area contributed by atoms with Crippen molar-refractivity contribution >= 4 is 23.7 Å². The van der Waals surface area contributed by atoms with Crippen molar-refractivity contribution in [2.75, 3.05) is 11.9 Å². The number of carbonyl (C=O) groups excluding carboxylic acids is 2. The number of ether oxygens (including phenoxy) is 1. The van der Waals surface area contributed by atoms with Gasteiger partial charge in [-0.3, -0.25) is 19.7 Å². The van der Waals surface area contributed by atoms with Gasteiger partial charge in [0.1, 0.15) is 11.5 Å². The minimum absolute atomic E-state index is 0.0146. The number of rotatable bonds is 6. The van der Waals surface area contributed by atoms with Crippen molar-refractivity contribution in [3.63, 3.8) is 0 Å². The lowest BCUT2D eigenvalue weighted by atomic mass is 10.2. The van der Waals surface area contributed by atoms with Gasteiger partial charge in [0, 0.05) is 18.2 Å². The minimum atomic E-state index is -0.629. The Kier molecular flexibility index (Phi) is 4.47. The van der Waals surface area contributed by atoms with Gasteiger partial charge in [-0.2, -0.15) is 0 Å². The molecule has 1 aromatic carbocycles. The number of benzene rings is 1. The van der Waals surface area contributed by atoms with Crippen molar-refractivity contribution < 1.29 is 23.8 Å². The number of aryl methyl sites for hydroxylation is 1. The average molecular weight is 305 g/mol. The molecule has 0 saturated heterocycles. The van der Waals surface area contributed by atoms with Crippen LogP contribution in [0.5, 0.6) is 5.75 Å². The Morgan fingerprint density at radius 1 is 1.50 bits per heavy atom. The molecular weight excluding hydrogens is 294 g/mol. The number of anilines is 1.